The Balaban J connectivity index is 1.87. The van der Waals surface area contributed by atoms with Crippen LogP contribution in [0.3, 0.4) is 0 Å². The van der Waals surface area contributed by atoms with Gasteiger partial charge in [0.05, 0.1) is 17.4 Å². The van der Waals surface area contributed by atoms with Crippen molar-refractivity contribution in [3.8, 4) is 5.75 Å². The van der Waals surface area contributed by atoms with E-state index in [1.165, 1.54) is 6.07 Å². The summed E-state index contributed by atoms with van der Waals surface area (Å²) in [6.07, 6.45) is 0.451. The summed E-state index contributed by atoms with van der Waals surface area (Å²) in [5.74, 6) is -0.421. The van der Waals surface area contributed by atoms with Gasteiger partial charge in [-0.25, -0.2) is 13.1 Å². The van der Waals surface area contributed by atoms with Gasteiger partial charge in [0.25, 0.3) is 10.0 Å². The Labute approximate surface area is 135 Å². The molecule has 0 radical (unpaired) electrons. The van der Waals surface area contributed by atoms with Crippen LogP contribution in [-0.4, -0.2) is 20.9 Å². The summed E-state index contributed by atoms with van der Waals surface area (Å²) >= 11 is 0. The number of hydrogen-bond acceptors (Lipinski definition) is 4. The number of fused-ring (bicyclic) bond motifs is 1. The highest BCUT2D eigenvalue weighted by atomic mass is 32.2. The zero-order chi connectivity index (χ0) is 16.4. The quantitative estimate of drug-likeness (QED) is 0.937. The number of aryl methyl sites for hydroxylation is 1. The van der Waals surface area contributed by atoms with Crippen molar-refractivity contribution in [1.29, 1.82) is 0 Å². The highest BCUT2D eigenvalue weighted by Gasteiger charge is 2.30. The van der Waals surface area contributed by atoms with Gasteiger partial charge in [0.15, 0.2) is 0 Å². The lowest BCUT2D eigenvalue weighted by Crippen LogP contribution is -2.36. The molecule has 0 unspecified atom stereocenters. The largest absolute Gasteiger partial charge is 0.493 e. The first-order chi connectivity index (χ1) is 11.0. The number of carbonyl (C=O) groups is 1. The Hall–Kier alpha value is -2.34. The van der Waals surface area contributed by atoms with Crippen molar-refractivity contribution in [2.75, 3.05) is 6.61 Å². The molecule has 3 rings (SSSR count). The van der Waals surface area contributed by atoms with Crippen LogP contribution in [-0.2, 0) is 14.8 Å². The third-order valence-electron chi connectivity index (χ3n) is 3.89. The monoisotopic (exact) mass is 331 g/mol. The molecule has 1 aliphatic heterocycles. The number of para-hydroxylation sites is 1. The van der Waals surface area contributed by atoms with Gasteiger partial charge in [0.1, 0.15) is 5.75 Å². The summed E-state index contributed by atoms with van der Waals surface area (Å²) in [5, 5.41) is 0. The van der Waals surface area contributed by atoms with Crippen molar-refractivity contribution in [2.24, 2.45) is 0 Å². The van der Waals surface area contributed by atoms with Crippen molar-refractivity contribution < 1.29 is 17.9 Å². The number of amides is 1. The van der Waals surface area contributed by atoms with Crippen molar-refractivity contribution in [3.63, 3.8) is 0 Å². The van der Waals surface area contributed by atoms with E-state index in [-0.39, 0.29) is 4.90 Å². The number of benzene rings is 2. The summed E-state index contributed by atoms with van der Waals surface area (Å²) in [6, 6.07) is 13.8. The first kappa shape index (κ1) is 15.6. The number of sulfonamides is 1. The maximum Gasteiger partial charge on any atom is 0.264 e. The highest BCUT2D eigenvalue weighted by Crippen LogP contribution is 2.33. The second-order valence-electron chi connectivity index (χ2n) is 5.46. The van der Waals surface area contributed by atoms with Crippen LogP contribution in [0.5, 0.6) is 5.75 Å². The van der Waals surface area contributed by atoms with Gasteiger partial charge >= 0.3 is 0 Å². The van der Waals surface area contributed by atoms with E-state index < -0.39 is 21.8 Å². The van der Waals surface area contributed by atoms with E-state index in [1.807, 2.05) is 12.1 Å². The van der Waals surface area contributed by atoms with Crippen LogP contribution in [0.2, 0.25) is 0 Å². The maximum atomic E-state index is 12.5. The summed E-state index contributed by atoms with van der Waals surface area (Å²) in [7, 11) is -3.88. The average molecular weight is 331 g/mol. The number of carbonyl (C=O) groups excluding carboxylic acids is 1. The van der Waals surface area contributed by atoms with E-state index in [2.05, 4.69) is 4.72 Å². The predicted molar refractivity (Wildman–Crippen MR) is 85.8 cm³/mol. The van der Waals surface area contributed by atoms with Crippen LogP contribution >= 0.6 is 0 Å². The molecule has 5 nitrogen and oxygen atoms in total. The fourth-order valence-corrected chi connectivity index (χ4v) is 4.00. The maximum absolute atomic E-state index is 12.5. The molecule has 0 spiro atoms. The molecule has 1 heterocycles. The smallest absolute Gasteiger partial charge is 0.264 e. The number of hydrogen-bond donors (Lipinski definition) is 1. The predicted octanol–water partition coefficient (Wildman–Crippen LogP) is 2.37. The molecule has 1 amide bonds. The molecule has 1 atom stereocenters. The minimum atomic E-state index is -3.88. The third kappa shape index (κ3) is 3.07. The highest BCUT2D eigenvalue weighted by molar-refractivity contribution is 7.90. The molecule has 0 bridgehead atoms. The van der Waals surface area contributed by atoms with E-state index in [9.17, 15) is 13.2 Å². The number of ether oxygens (including phenoxy) is 1. The fraction of sp³-hybridized carbons (Fsp3) is 0.235. The molecule has 1 N–H and O–H groups in total. The molecular weight excluding hydrogens is 314 g/mol. The Morgan fingerprint density at radius 3 is 2.61 bits per heavy atom. The normalized spacial score (nSPS) is 17.0. The molecule has 6 heteroatoms. The Morgan fingerprint density at radius 2 is 1.83 bits per heavy atom. The molecule has 23 heavy (non-hydrogen) atoms. The molecule has 0 fully saturated rings. The van der Waals surface area contributed by atoms with Crippen LogP contribution < -0.4 is 9.46 Å². The Bertz CT molecular complexity index is 845. The second kappa shape index (κ2) is 6.04. The lowest BCUT2D eigenvalue weighted by molar-refractivity contribution is -0.121. The van der Waals surface area contributed by atoms with Crippen LogP contribution in [0.15, 0.2) is 53.4 Å². The second-order valence-corrected chi connectivity index (χ2v) is 7.11. The van der Waals surface area contributed by atoms with Gasteiger partial charge in [0, 0.05) is 5.56 Å². The van der Waals surface area contributed by atoms with Crippen molar-refractivity contribution in [3.05, 3.63) is 59.7 Å². The zero-order valence-corrected chi connectivity index (χ0v) is 13.5. The lowest BCUT2D eigenvalue weighted by Gasteiger charge is -2.25. The van der Waals surface area contributed by atoms with Crippen molar-refractivity contribution >= 4 is 15.9 Å². The zero-order valence-electron chi connectivity index (χ0n) is 12.7. The number of nitrogens with one attached hydrogen (secondary N) is 1. The molecule has 120 valence electrons. The van der Waals surface area contributed by atoms with Crippen LogP contribution in [0.4, 0.5) is 0 Å². The fourth-order valence-electron chi connectivity index (χ4n) is 2.73. The Kier molecular flexibility index (Phi) is 4.09. The van der Waals surface area contributed by atoms with Gasteiger partial charge in [-0.05, 0) is 31.0 Å². The van der Waals surface area contributed by atoms with Gasteiger partial charge in [-0.15, -0.1) is 0 Å². The summed E-state index contributed by atoms with van der Waals surface area (Å²) in [4.78, 5) is 12.6. The summed E-state index contributed by atoms with van der Waals surface area (Å²) < 4.78 is 32.6. The van der Waals surface area contributed by atoms with Gasteiger partial charge in [-0.2, -0.15) is 0 Å². The van der Waals surface area contributed by atoms with E-state index in [1.54, 1.807) is 37.3 Å². The van der Waals surface area contributed by atoms with Crippen LogP contribution in [0.25, 0.3) is 0 Å². The molecule has 2 aromatic carbocycles. The van der Waals surface area contributed by atoms with E-state index in [0.717, 1.165) is 5.56 Å². The van der Waals surface area contributed by atoms with Crippen molar-refractivity contribution in [2.45, 2.75) is 24.2 Å². The third-order valence-corrected chi connectivity index (χ3v) is 5.40. The minimum absolute atomic E-state index is 0.119. The molecule has 2 aromatic rings. The minimum Gasteiger partial charge on any atom is -0.493 e. The standard InChI is InChI=1S/C17H17NO4S/c1-12-6-2-5-9-16(12)23(20,21)18-17(19)14-10-11-22-15-8-4-3-7-13(14)15/h2-9,14H,10-11H2,1H3,(H,18,19)/t14-/m0/s1. The van der Waals surface area contributed by atoms with E-state index >= 15 is 0 Å². The lowest BCUT2D eigenvalue weighted by atomic mass is 9.93. The molecule has 0 saturated heterocycles. The first-order valence-corrected chi connectivity index (χ1v) is 8.81. The SMILES string of the molecule is Cc1ccccc1S(=O)(=O)NC(=O)[C@H]1CCOc2ccccc21. The Morgan fingerprint density at radius 1 is 1.13 bits per heavy atom. The van der Waals surface area contributed by atoms with Gasteiger partial charge in [-0.1, -0.05) is 36.4 Å². The molecule has 0 aromatic heterocycles. The summed E-state index contributed by atoms with van der Waals surface area (Å²) in [6.45, 7) is 2.09. The van der Waals surface area contributed by atoms with Gasteiger partial charge in [0.2, 0.25) is 5.91 Å². The van der Waals surface area contributed by atoms with Crippen LogP contribution in [0.1, 0.15) is 23.5 Å². The summed E-state index contributed by atoms with van der Waals surface area (Å²) in [5.41, 5.74) is 1.32. The topological polar surface area (TPSA) is 72.5 Å². The number of rotatable bonds is 3. The van der Waals surface area contributed by atoms with Gasteiger partial charge in [-0.3, -0.25) is 4.79 Å². The van der Waals surface area contributed by atoms with Gasteiger partial charge < -0.3 is 4.74 Å². The molecule has 0 aliphatic carbocycles. The molecular formula is C17H17NO4S. The van der Waals surface area contributed by atoms with E-state index in [0.29, 0.717) is 24.3 Å². The van der Waals surface area contributed by atoms with Crippen LogP contribution in [0, 0.1) is 6.92 Å². The van der Waals surface area contributed by atoms with Crippen molar-refractivity contribution in [1.82, 2.24) is 4.72 Å². The molecule has 1 aliphatic rings. The first-order valence-electron chi connectivity index (χ1n) is 7.33. The van der Waals surface area contributed by atoms with E-state index in [4.69, 9.17) is 4.74 Å². The average Bonchev–Trinajstić information content (AvgIpc) is 2.54. The molecule has 0 saturated carbocycles.